The summed E-state index contributed by atoms with van der Waals surface area (Å²) in [6.45, 7) is 7.65. The van der Waals surface area contributed by atoms with E-state index >= 15 is 0 Å². The van der Waals surface area contributed by atoms with E-state index in [2.05, 4.69) is 38.1 Å². The molecule has 0 N–H and O–H groups in total. The molecule has 0 unspecified atom stereocenters. The second kappa shape index (κ2) is 4.56. The van der Waals surface area contributed by atoms with Gasteiger partial charge in [-0.3, -0.25) is 0 Å². The third-order valence-corrected chi connectivity index (χ3v) is 2.85. The molecular formula is C14H19O2. The molecule has 1 heterocycles. The Bertz CT molecular complexity index is 352. The molecule has 2 rings (SSSR count). The second-order valence-electron chi connectivity index (χ2n) is 4.73. The van der Waals surface area contributed by atoms with Crippen LogP contribution < -0.4 is 0 Å². The minimum absolute atomic E-state index is 0.544. The molecule has 0 amide bonds. The van der Waals surface area contributed by atoms with Crippen molar-refractivity contribution in [3.05, 3.63) is 41.3 Å². The molecule has 1 aromatic rings. The molecule has 0 aromatic heterocycles. The predicted octanol–water partition coefficient (Wildman–Crippen LogP) is 3.06. The van der Waals surface area contributed by atoms with Gasteiger partial charge in [0.1, 0.15) is 0 Å². The fourth-order valence-electron chi connectivity index (χ4n) is 2.05. The van der Waals surface area contributed by atoms with Gasteiger partial charge in [-0.05, 0) is 24.8 Å². The zero-order valence-corrected chi connectivity index (χ0v) is 10.2. The average Bonchev–Trinajstić information content (AvgIpc) is 2.66. The summed E-state index contributed by atoms with van der Waals surface area (Å²) >= 11 is 0. The Labute approximate surface area is 97.6 Å². The molecule has 16 heavy (non-hydrogen) atoms. The fraction of sp³-hybridized carbons (Fsp3) is 0.500. The summed E-state index contributed by atoms with van der Waals surface area (Å²) in [6, 6.07) is 8.47. The first kappa shape index (κ1) is 11.6. The highest BCUT2D eigenvalue weighted by molar-refractivity contribution is 5.28. The number of ether oxygens (including phenoxy) is 2. The minimum atomic E-state index is -0.544. The Balaban J connectivity index is 2.21. The quantitative estimate of drug-likeness (QED) is 0.778. The second-order valence-corrected chi connectivity index (χ2v) is 4.73. The van der Waals surface area contributed by atoms with Crippen molar-refractivity contribution in [2.75, 3.05) is 13.2 Å². The average molecular weight is 219 g/mol. The SMILES string of the molecule is C[C](C)Cc1cccc(C2(C)OCCO2)c1. The molecule has 1 fully saturated rings. The van der Waals surface area contributed by atoms with Crippen LogP contribution in [0, 0.1) is 5.92 Å². The van der Waals surface area contributed by atoms with Crippen molar-refractivity contribution >= 4 is 0 Å². The lowest BCUT2D eigenvalue weighted by atomic mass is 9.98. The molecule has 0 saturated carbocycles. The lowest BCUT2D eigenvalue weighted by molar-refractivity contribution is -0.149. The van der Waals surface area contributed by atoms with Gasteiger partial charge in [0.2, 0.25) is 0 Å². The highest BCUT2D eigenvalue weighted by Crippen LogP contribution is 2.31. The zero-order chi connectivity index (χ0) is 11.6. The molecule has 2 nitrogen and oxygen atoms in total. The van der Waals surface area contributed by atoms with Crippen LogP contribution in [0.4, 0.5) is 0 Å². The molecular weight excluding hydrogens is 200 g/mol. The van der Waals surface area contributed by atoms with Gasteiger partial charge >= 0.3 is 0 Å². The third kappa shape index (κ3) is 2.45. The van der Waals surface area contributed by atoms with Gasteiger partial charge in [-0.2, -0.15) is 0 Å². The molecule has 1 aromatic carbocycles. The Morgan fingerprint density at radius 2 is 1.94 bits per heavy atom. The summed E-state index contributed by atoms with van der Waals surface area (Å²) < 4.78 is 11.3. The van der Waals surface area contributed by atoms with Crippen LogP contribution in [0.1, 0.15) is 31.9 Å². The van der Waals surface area contributed by atoms with Crippen LogP contribution in [-0.2, 0) is 21.7 Å². The van der Waals surface area contributed by atoms with E-state index in [-0.39, 0.29) is 0 Å². The summed E-state index contributed by atoms with van der Waals surface area (Å²) in [5.74, 6) is 0.869. The van der Waals surface area contributed by atoms with Crippen LogP contribution in [0.25, 0.3) is 0 Å². The van der Waals surface area contributed by atoms with Gasteiger partial charge in [-0.15, -0.1) is 0 Å². The standard InChI is InChI=1S/C14H19O2/c1-11(2)9-12-5-4-6-13(10-12)14(3)15-7-8-16-14/h4-6,10H,7-9H2,1-3H3. The molecule has 1 aliphatic rings. The van der Waals surface area contributed by atoms with Crippen LogP contribution in [0.15, 0.2) is 24.3 Å². The largest absolute Gasteiger partial charge is 0.344 e. The van der Waals surface area contributed by atoms with Crippen molar-refractivity contribution in [3.8, 4) is 0 Å². The van der Waals surface area contributed by atoms with E-state index in [1.54, 1.807) is 0 Å². The van der Waals surface area contributed by atoms with E-state index in [0.717, 1.165) is 12.0 Å². The van der Waals surface area contributed by atoms with Crippen LogP contribution >= 0.6 is 0 Å². The van der Waals surface area contributed by atoms with Gasteiger partial charge in [-0.1, -0.05) is 38.1 Å². The van der Waals surface area contributed by atoms with Crippen molar-refractivity contribution in [3.63, 3.8) is 0 Å². The summed E-state index contributed by atoms with van der Waals surface area (Å²) in [6.07, 6.45) is 1.02. The maximum atomic E-state index is 5.66. The highest BCUT2D eigenvalue weighted by Gasteiger charge is 2.32. The van der Waals surface area contributed by atoms with Crippen molar-refractivity contribution in [1.82, 2.24) is 0 Å². The van der Waals surface area contributed by atoms with Crippen molar-refractivity contribution in [2.24, 2.45) is 0 Å². The van der Waals surface area contributed by atoms with Crippen molar-refractivity contribution < 1.29 is 9.47 Å². The van der Waals surface area contributed by atoms with Crippen LogP contribution in [0.2, 0.25) is 0 Å². The van der Waals surface area contributed by atoms with Gasteiger partial charge in [0.25, 0.3) is 0 Å². The number of hydrogen-bond acceptors (Lipinski definition) is 2. The summed E-state index contributed by atoms with van der Waals surface area (Å²) in [4.78, 5) is 0. The van der Waals surface area contributed by atoms with E-state index in [0.29, 0.717) is 13.2 Å². The third-order valence-electron chi connectivity index (χ3n) is 2.85. The van der Waals surface area contributed by atoms with Gasteiger partial charge < -0.3 is 9.47 Å². The first-order valence-corrected chi connectivity index (χ1v) is 5.76. The van der Waals surface area contributed by atoms with Gasteiger partial charge in [0.05, 0.1) is 13.2 Å². The van der Waals surface area contributed by atoms with Gasteiger partial charge in [0, 0.05) is 5.56 Å². The monoisotopic (exact) mass is 219 g/mol. The van der Waals surface area contributed by atoms with Crippen LogP contribution in [-0.4, -0.2) is 13.2 Å². The Kier molecular flexibility index (Phi) is 3.31. The van der Waals surface area contributed by atoms with Crippen LogP contribution in [0.5, 0.6) is 0 Å². The smallest absolute Gasteiger partial charge is 0.192 e. The predicted molar refractivity (Wildman–Crippen MR) is 64.0 cm³/mol. The molecule has 2 heteroatoms. The van der Waals surface area contributed by atoms with Gasteiger partial charge in [0.15, 0.2) is 5.79 Å². The molecule has 1 aliphatic heterocycles. The van der Waals surface area contributed by atoms with E-state index < -0.39 is 5.79 Å². The van der Waals surface area contributed by atoms with Crippen molar-refractivity contribution in [2.45, 2.75) is 33.0 Å². The first-order chi connectivity index (χ1) is 7.60. The van der Waals surface area contributed by atoms with E-state index in [1.807, 2.05) is 6.92 Å². The number of hydrogen-bond donors (Lipinski definition) is 0. The maximum Gasteiger partial charge on any atom is 0.192 e. The summed E-state index contributed by atoms with van der Waals surface area (Å²) in [5.41, 5.74) is 2.43. The fourth-order valence-corrected chi connectivity index (χ4v) is 2.05. The molecule has 1 saturated heterocycles. The van der Waals surface area contributed by atoms with Crippen LogP contribution in [0.3, 0.4) is 0 Å². The maximum absolute atomic E-state index is 5.66. The number of rotatable bonds is 3. The molecule has 0 bridgehead atoms. The lowest BCUT2D eigenvalue weighted by Gasteiger charge is -2.23. The molecule has 1 radical (unpaired) electrons. The Hall–Kier alpha value is -0.860. The first-order valence-electron chi connectivity index (χ1n) is 5.76. The van der Waals surface area contributed by atoms with E-state index in [1.165, 1.54) is 11.5 Å². The lowest BCUT2D eigenvalue weighted by Crippen LogP contribution is -2.22. The molecule has 0 atom stereocenters. The molecule has 0 spiro atoms. The Morgan fingerprint density at radius 3 is 2.56 bits per heavy atom. The Morgan fingerprint density at radius 1 is 1.25 bits per heavy atom. The summed E-state index contributed by atoms with van der Waals surface area (Å²) in [7, 11) is 0. The topological polar surface area (TPSA) is 18.5 Å². The van der Waals surface area contributed by atoms with Gasteiger partial charge in [-0.25, -0.2) is 0 Å². The summed E-state index contributed by atoms with van der Waals surface area (Å²) in [5, 5.41) is 0. The minimum Gasteiger partial charge on any atom is -0.344 e. The van der Waals surface area contributed by atoms with E-state index in [4.69, 9.17) is 9.47 Å². The van der Waals surface area contributed by atoms with E-state index in [9.17, 15) is 0 Å². The zero-order valence-electron chi connectivity index (χ0n) is 10.2. The molecule has 87 valence electrons. The number of benzene rings is 1. The van der Waals surface area contributed by atoms with Crippen molar-refractivity contribution in [1.29, 1.82) is 0 Å². The molecule has 0 aliphatic carbocycles. The highest BCUT2D eigenvalue weighted by atomic mass is 16.7. The normalized spacial score (nSPS) is 19.2.